The van der Waals surface area contributed by atoms with Crippen molar-refractivity contribution in [1.82, 2.24) is 5.32 Å². The summed E-state index contributed by atoms with van der Waals surface area (Å²) in [7, 11) is -3.39. The van der Waals surface area contributed by atoms with E-state index in [4.69, 9.17) is 0 Å². The number of hydrogen-bond acceptors (Lipinski definition) is 3. The number of anilines is 1. The van der Waals surface area contributed by atoms with E-state index in [1.54, 1.807) is 38.1 Å². The molecule has 1 saturated carbocycles. The summed E-state index contributed by atoms with van der Waals surface area (Å²) in [6.45, 7) is 3.21. The Hall–Kier alpha value is -1.56. The van der Waals surface area contributed by atoms with Gasteiger partial charge in [0.15, 0.2) is 0 Å². The lowest BCUT2D eigenvalue weighted by atomic mass is 10.2. The van der Waals surface area contributed by atoms with Crippen LogP contribution in [-0.4, -0.2) is 25.6 Å². The molecule has 1 aromatic rings. The fraction of sp³-hybridized carbons (Fsp3) is 0.462. The molecule has 0 heterocycles. The van der Waals surface area contributed by atoms with E-state index < -0.39 is 15.3 Å². The molecule has 0 bridgehead atoms. The minimum Gasteiger partial charge on any atom is -0.349 e. The number of carbonyl (C=O) groups excluding carboxylic acids is 1. The van der Waals surface area contributed by atoms with E-state index in [0.29, 0.717) is 11.3 Å². The smallest absolute Gasteiger partial charge is 0.251 e. The predicted octanol–water partition coefficient (Wildman–Crippen LogP) is 1.73. The third kappa shape index (κ3) is 3.70. The van der Waals surface area contributed by atoms with E-state index in [0.717, 1.165) is 12.8 Å². The lowest BCUT2D eigenvalue weighted by molar-refractivity contribution is 0.0951. The van der Waals surface area contributed by atoms with Crippen molar-refractivity contribution in [2.75, 3.05) is 4.72 Å². The number of sulfonamides is 1. The van der Waals surface area contributed by atoms with Crippen LogP contribution in [0, 0.1) is 0 Å². The molecule has 0 aromatic heterocycles. The summed E-state index contributed by atoms with van der Waals surface area (Å²) in [6, 6.07) is 6.81. The van der Waals surface area contributed by atoms with Crippen LogP contribution < -0.4 is 10.0 Å². The SMILES string of the molecule is CC(C)S(=O)(=O)Nc1cccc(C(=O)NC2CC2)c1. The van der Waals surface area contributed by atoms with Crippen LogP contribution in [0.5, 0.6) is 0 Å². The summed E-state index contributed by atoms with van der Waals surface area (Å²) in [5, 5.41) is 2.35. The van der Waals surface area contributed by atoms with E-state index in [-0.39, 0.29) is 11.9 Å². The summed E-state index contributed by atoms with van der Waals surface area (Å²) in [6.07, 6.45) is 2.04. The maximum absolute atomic E-state index is 11.9. The van der Waals surface area contributed by atoms with Crippen LogP contribution in [0.3, 0.4) is 0 Å². The molecule has 0 radical (unpaired) electrons. The molecule has 0 unspecified atom stereocenters. The Morgan fingerprint density at radius 1 is 1.32 bits per heavy atom. The van der Waals surface area contributed by atoms with E-state index in [1.165, 1.54) is 0 Å². The number of amides is 1. The van der Waals surface area contributed by atoms with Crippen LogP contribution in [0.25, 0.3) is 0 Å². The Bertz CT molecular complexity index is 577. The number of carbonyl (C=O) groups is 1. The summed E-state index contributed by atoms with van der Waals surface area (Å²) >= 11 is 0. The van der Waals surface area contributed by atoms with Gasteiger partial charge in [-0.2, -0.15) is 0 Å². The average molecular weight is 282 g/mol. The summed E-state index contributed by atoms with van der Waals surface area (Å²) in [4.78, 5) is 11.9. The maximum Gasteiger partial charge on any atom is 0.251 e. The molecule has 1 amide bonds. The van der Waals surface area contributed by atoms with Crippen molar-refractivity contribution in [3.05, 3.63) is 29.8 Å². The summed E-state index contributed by atoms with van der Waals surface area (Å²) < 4.78 is 26.0. The molecule has 0 aliphatic heterocycles. The van der Waals surface area contributed by atoms with E-state index in [1.807, 2.05) is 0 Å². The molecule has 104 valence electrons. The standard InChI is InChI=1S/C13H18N2O3S/c1-9(2)19(17,18)15-12-5-3-4-10(8-12)13(16)14-11-6-7-11/h3-5,8-9,11,15H,6-7H2,1-2H3,(H,14,16). The summed E-state index contributed by atoms with van der Waals surface area (Å²) in [5.41, 5.74) is 0.882. The van der Waals surface area contributed by atoms with Crippen molar-refractivity contribution in [2.24, 2.45) is 0 Å². The maximum atomic E-state index is 11.9. The second kappa shape index (κ2) is 5.21. The zero-order valence-corrected chi connectivity index (χ0v) is 11.8. The first kappa shape index (κ1) is 13.9. The number of nitrogens with one attached hydrogen (secondary N) is 2. The molecule has 5 nitrogen and oxygen atoms in total. The van der Waals surface area contributed by atoms with Crippen LogP contribution in [0.2, 0.25) is 0 Å². The highest BCUT2D eigenvalue weighted by Crippen LogP contribution is 2.20. The number of benzene rings is 1. The van der Waals surface area contributed by atoms with E-state index in [2.05, 4.69) is 10.0 Å². The van der Waals surface area contributed by atoms with Crippen molar-refractivity contribution < 1.29 is 13.2 Å². The topological polar surface area (TPSA) is 75.3 Å². The molecule has 1 aliphatic rings. The molecule has 1 fully saturated rings. The van der Waals surface area contributed by atoms with Gasteiger partial charge in [-0.3, -0.25) is 9.52 Å². The molecule has 6 heteroatoms. The van der Waals surface area contributed by atoms with Gasteiger partial charge in [-0.05, 0) is 44.9 Å². The molecular weight excluding hydrogens is 264 g/mol. The van der Waals surface area contributed by atoms with Crippen molar-refractivity contribution >= 4 is 21.6 Å². The Morgan fingerprint density at radius 3 is 2.58 bits per heavy atom. The van der Waals surface area contributed by atoms with Gasteiger partial charge < -0.3 is 5.32 Å². The van der Waals surface area contributed by atoms with Crippen molar-refractivity contribution in [1.29, 1.82) is 0 Å². The lowest BCUT2D eigenvalue weighted by Gasteiger charge is -2.11. The van der Waals surface area contributed by atoms with Gasteiger partial charge in [0.1, 0.15) is 0 Å². The molecule has 2 rings (SSSR count). The summed E-state index contributed by atoms with van der Waals surface area (Å²) in [5.74, 6) is -0.159. The Morgan fingerprint density at radius 2 is 2.00 bits per heavy atom. The monoisotopic (exact) mass is 282 g/mol. The minimum absolute atomic E-state index is 0.159. The fourth-order valence-electron chi connectivity index (χ4n) is 1.50. The zero-order valence-electron chi connectivity index (χ0n) is 11.0. The molecular formula is C13H18N2O3S. The first-order valence-corrected chi connectivity index (χ1v) is 7.85. The lowest BCUT2D eigenvalue weighted by Crippen LogP contribution is -2.26. The second-order valence-electron chi connectivity index (χ2n) is 5.02. The third-order valence-electron chi connectivity index (χ3n) is 2.92. The Kier molecular flexibility index (Phi) is 3.80. The highest BCUT2D eigenvalue weighted by molar-refractivity contribution is 7.93. The van der Waals surface area contributed by atoms with Crippen molar-refractivity contribution in [3.8, 4) is 0 Å². The van der Waals surface area contributed by atoms with Crippen LogP contribution >= 0.6 is 0 Å². The Balaban J connectivity index is 2.12. The van der Waals surface area contributed by atoms with Crippen LogP contribution in [0.15, 0.2) is 24.3 Å². The van der Waals surface area contributed by atoms with E-state index >= 15 is 0 Å². The minimum atomic E-state index is -3.39. The first-order valence-electron chi connectivity index (χ1n) is 6.31. The second-order valence-corrected chi connectivity index (χ2v) is 7.26. The largest absolute Gasteiger partial charge is 0.349 e. The molecule has 1 aliphatic carbocycles. The highest BCUT2D eigenvalue weighted by atomic mass is 32.2. The van der Waals surface area contributed by atoms with E-state index in [9.17, 15) is 13.2 Å². The van der Waals surface area contributed by atoms with Gasteiger partial charge in [-0.15, -0.1) is 0 Å². The van der Waals surface area contributed by atoms with Gasteiger partial charge in [-0.25, -0.2) is 8.42 Å². The molecule has 1 aromatic carbocycles. The molecule has 0 spiro atoms. The van der Waals surface area contributed by atoms with Gasteiger partial charge in [0.25, 0.3) is 5.91 Å². The van der Waals surface area contributed by atoms with Gasteiger partial charge in [0.2, 0.25) is 10.0 Å². The van der Waals surface area contributed by atoms with Gasteiger partial charge in [-0.1, -0.05) is 6.07 Å². The van der Waals surface area contributed by atoms with Gasteiger partial charge >= 0.3 is 0 Å². The highest BCUT2D eigenvalue weighted by Gasteiger charge is 2.24. The molecule has 0 saturated heterocycles. The molecule has 0 atom stereocenters. The number of rotatable bonds is 5. The third-order valence-corrected chi connectivity index (χ3v) is 4.68. The quantitative estimate of drug-likeness (QED) is 0.863. The van der Waals surface area contributed by atoms with Crippen LogP contribution in [0.4, 0.5) is 5.69 Å². The molecule has 19 heavy (non-hydrogen) atoms. The zero-order chi connectivity index (χ0) is 14.0. The normalized spacial score (nSPS) is 15.3. The van der Waals surface area contributed by atoms with Crippen molar-refractivity contribution in [2.45, 2.75) is 38.0 Å². The Labute approximate surface area is 113 Å². The van der Waals surface area contributed by atoms with Gasteiger partial charge in [0, 0.05) is 17.3 Å². The fourth-order valence-corrected chi connectivity index (χ4v) is 2.19. The van der Waals surface area contributed by atoms with Gasteiger partial charge in [0.05, 0.1) is 5.25 Å². The average Bonchev–Trinajstić information content (AvgIpc) is 3.12. The van der Waals surface area contributed by atoms with Crippen LogP contribution in [-0.2, 0) is 10.0 Å². The predicted molar refractivity (Wildman–Crippen MR) is 74.6 cm³/mol. The number of hydrogen-bond donors (Lipinski definition) is 2. The van der Waals surface area contributed by atoms with Crippen LogP contribution in [0.1, 0.15) is 37.0 Å². The van der Waals surface area contributed by atoms with Crippen molar-refractivity contribution in [3.63, 3.8) is 0 Å². The molecule has 2 N–H and O–H groups in total. The first-order chi connectivity index (χ1) is 8.88.